The Labute approximate surface area is 99.9 Å². The number of rotatable bonds is 10. The van der Waals surface area contributed by atoms with E-state index in [4.69, 9.17) is 0 Å². The predicted molar refractivity (Wildman–Crippen MR) is 69.5 cm³/mol. The summed E-state index contributed by atoms with van der Waals surface area (Å²) in [4.78, 5) is 13.7. The standard InChI is InChI=1S/C13H26N2O/c1-4-7-8-9-10-13(16)14-11-12-15(5-2)6-3/h4H,1,5-12H2,2-3H3,(H,14,16). The van der Waals surface area contributed by atoms with Crippen LogP contribution >= 0.6 is 0 Å². The monoisotopic (exact) mass is 226 g/mol. The number of hydrogen-bond acceptors (Lipinski definition) is 2. The normalized spacial score (nSPS) is 10.4. The molecule has 16 heavy (non-hydrogen) atoms. The van der Waals surface area contributed by atoms with Crippen LogP contribution in [-0.2, 0) is 4.79 Å². The van der Waals surface area contributed by atoms with E-state index in [1.54, 1.807) is 0 Å². The molecule has 0 aliphatic heterocycles. The lowest BCUT2D eigenvalue weighted by Gasteiger charge is -2.17. The van der Waals surface area contributed by atoms with Gasteiger partial charge in [0.05, 0.1) is 0 Å². The highest BCUT2D eigenvalue weighted by atomic mass is 16.1. The molecule has 0 saturated heterocycles. The Morgan fingerprint density at radius 2 is 2.00 bits per heavy atom. The van der Waals surface area contributed by atoms with E-state index < -0.39 is 0 Å². The third-order valence-electron chi connectivity index (χ3n) is 2.71. The van der Waals surface area contributed by atoms with Crippen LogP contribution in [-0.4, -0.2) is 37.0 Å². The molecule has 0 spiro atoms. The molecule has 0 rings (SSSR count). The van der Waals surface area contributed by atoms with E-state index in [0.29, 0.717) is 6.42 Å². The maximum atomic E-state index is 11.4. The molecule has 0 atom stereocenters. The topological polar surface area (TPSA) is 32.3 Å². The van der Waals surface area contributed by atoms with Gasteiger partial charge in [-0.15, -0.1) is 6.58 Å². The number of likely N-dealkylation sites (N-methyl/N-ethyl adjacent to an activating group) is 1. The minimum absolute atomic E-state index is 0.177. The lowest BCUT2D eigenvalue weighted by atomic mass is 10.2. The van der Waals surface area contributed by atoms with Crippen LogP contribution in [0.2, 0.25) is 0 Å². The van der Waals surface area contributed by atoms with Crippen molar-refractivity contribution >= 4 is 5.91 Å². The van der Waals surface area contributed by atoms with Gasteiger partial charge in [-0.05, 0) is 32.4 Å². The second-order valence-corrected chi connectivity index (χ2v) is 3.91. The van der Waals surface area contributed by atoms with Crippen molar-refractivity contribution in [3.63, 3.8) is 0 Å². The van der Waals surface area contributed by atoms with Crippen LogP contribution in [0.5, 0.6) is 0 Å². The van der Waals surface area contributed by atoms with Crippen molar-refractivity contribution in [3.8, 4) is 0 Å². The molecular formula is C13H26N2O. The first-order valence-corrected chi connectivity index (χ1v) is 6.34. The van der Waals surface area contributed by atoms with Gasteiger partial charge in [-0.25, -0.2) is 0 Å². The lowest BCUT2D eigenvalue weighted by molar-refractivity contribution is -0.121. The largest absolute Gasteiger partial charge is 0.355 e. The van der Waals surface area contributed by atoms with Crippen molar-refractivity contribution in [2.24, 2.45) is 0 Å². The van der Waals surface area contributed by atoms with Crippen molar-refractivity contribution in [1.82, 2.24) is 10.2 Å². The number of unbranched alkanes of at least 4 members (excludes halogenated alkanes) is 2. The Morgan fingerprint density at radius 3 is 2.56 bits per heavy atom. The van der Waals surface area contributed by atoms with E-state index in [2.05, 4.69) is 30.6 Å². The van der Waals surface area contributed by atoms with Crippen molar-refractivity contribution in [2.75, 3.05) is 26.2 Å². The molecular weight excluding hydrogens is 200 g/mol. The second-order valence-electron chi connectivity index (χ2n) is 3.91. The van der Waals surface area contributed by atoms with Gasteiger partial charge < -0.3 is 10.2 Å². The van der Waals surface area contributed by atoms with Gasteiger partial charge >= 0.3 is 0 Å². The highest BCUT2D eigenvalue weighted by molar-refractivity contribution is 5.75. The number of hydrogen-bond donors (Lipinski definition) is 1. The highest BCUT2D eigenvalue weighted by Gasteiger charge is 2.02. The summed E-state index contributed by atoms with van der Waals surface area (Å²) in [6.45, 7) is 11.7. The van der Waals surface area contributed by atoms with Crippen LogP contribution in [0.4, 0.5) is 0 Å². The molecule has 0 aromatic carbocycles. The summed E-state index contributed by atoms with van der Waals surface area (Å²) < 4.78 is 0. The van der Waals surface area contributed by atoms with Crippen LogP contribution in [0.15, 0.2) is 12.7 Å². The van der Waals surface area contributed by atoms with Crippen LogP contribution in [0, 0.1) is 0 Å². The maximum Gasteiger partial charge on any atom is 0.220 e. The zero-order chi connectivity index (χ0) is 12.2. The molecule has 0 radical (unpaired) electrons. The summed E-state index contributed by atoms with van der Waals surface area (Å²) in [7, 11) is 0. The quantitative estimate of drug-likeness (QED) is 0.457. The van der Waals surface area contributed by atoms with Crippen molar-refractivity contribution in [2.45, 2.75) is 39.5 Å². The minimum Gasteiger partial charge on any atom is -0.355 e. The number of carbonyl (C=O) groups excluding carboxylic acids is 1. The summed E-state index contributed by atoms with van der Waals surface area (Å²) >= 11 is 0. The van der Waals surface area contributed by atoms with E-state index in [9.17, 15) is 4.79 Å². The average molecular weight is 226 g/mol. The molecule has 94 valence electrons. The van der Waals surface area contributed by atoms with Crippen molar-refractivity contribution in [3.05, 3.63) is 12.7 Å². The first-order chi connectivity index (χ1) is 7.74. The number of nitrogens with zero attached hydrogens (tertiary/aromatic N) is 1. The van der Waals surface area contributed by atoms with Gasteiger partial charge in [0.1, 0.15) is 0 Å². The molecule has 0 fully saturated rings. The molecule has 0 bridgehead atoms. The lowest BCUT2D eigenvalue weighted by Crippen LogP contribution is -2.34. The Hall–Kier alpha value is -0.830. The summed E-state index contributed by atoms with van der Waals surface area (Å²) in [5.41, 5.74) is 0. The SMILES string of the molecule is C=CCCCCC(=O)NCCN(CC)CC. The Bertz CT molecular complexity index is 188. The fourth-order valence-corrected chi connectivity index (χ4v) is 1.56. The predicted octanol–water partition coefficient (Wildman–Crippen LogP) is 2.19. The average Bonchev–Trinajstić information content (AvgIpc) is 2.30. The van der Waals surface area contributed by atoms with E-state index in [0.717, 1.165) is 45.4 Å². The van der Waals surface area contributed by atoms with E-state index in [1.165, 1.54) is 0 Å². The summed E-state index contributed by atoms with van der Waals surface area (Å²) in [5.74, 6) is 0.177. The number of amides is 1. The van der Waals surface area contributed by atoms with Gasteiger partial charge in [0.25, 0.3) is 0 Å². The van der Waals surface area contributed by atoms with Crippen LogP contribution in [0.25, 0.3) is 0 Å². The molecule has 1 amide bonds. The van der Waals surface area contributed by atoms with Gasteiger partial charge in [-0.1, -0.05) is 19.9 Å². The third-order valence-corrected chi connectivity index (χ3v) is 2.71. The molecule has 0 aliphatic carbocycles. The summed E-state index contributed by atoms with van der Waals surface area (Å²) in [6, 6.07) is 0. The zero-order valence-corrected chi connectivity index (χ0v) is 10.8. The highest BCUT2D eigenvalue weighted by Crippen LogP contribution is 1.99. The Balaban J connectivity index is 3.39. The van der Waals surface area contributed by atoms with Crippen LogP contribution in [0.1, 0.15) is 39.5 Å². The Morgan fingerprint density at radius 1 is 1.31 bits per heavy atom. The van der Waals surface area contributed by atoms with Crippen molar-refractivity contribution in [1.29, 1.82) is 0 Å². The van der Waals surface area contributed by atoms with Crippen LogP contribution in [0.3, 0.4) is 0 Å². The molecule has 0 unspecified atom stereocenters. The van der Waals surface area contributed by atoms with Crippen molar-refractivity contribution < 1.29 is 4.79 Å². The Kier molecular flexibility index (Phi) is 10.1. The zero-order valence-electron chi connectivity index (χ0n) is 10.8. The summed E-state index contributed by atoms with van der Waals surface area (Å²) in [5, 5.41) is 2.95. The molecule has 0 aromatic rings. The smallest absolute Gasteiger partial charge is 0.220 e. The molecule has 1 N–H and O–H groups in total. The van der Waals surface area contributed by atoms with Gasteiger partial charge in [-0.2, -0.15) is 0 Å². The van der Waals surface area contributed by atoms with Gasteiger partial charge in [0.15, 0.2) is 0 Å². The molecule has 0 saturated carbocycles. The third kappa shape index (κ3) is 8.48. The second kappa shape index (κ2) is 10.7. The van der Waals surface area contributed by atoms with Crippen LogP contribution < -0.4 is 5.32 Å². The maximum absolute atomic E-state index is 11.4. The van der Waals surface area contributed by atoms with E-state index in [1.807, 2.05) is 6.08 Å². The first kappa shape index (κ1) is 15.2. The first-order valence-electron chi connectivity index (χ1n) is 6.34. The van der Waals surface area contributed by atoms with E-state index in [-0.39, 0.29) is 5.91 Å². The van der Waals surface area contributed by atoms with E-state index >= 15 is 0 Å². The van der Waals surface area contributed by atoms with Gasteiger partial charge in [-0.3, -0.25) is 4.79 Å². The number of carbonyl (C=O) groups is 1. The molecule has 0 heterocycles. The number of nitrogens with one attached hydrogen (secondary N) is 1. The molecule has 0 aliphatic rings. The van der Waals surface area contributed by atoms with Gasteiger partial charge in [0, 0.05) is 19.5 Å². The fourth-order valence-electron chi connectivity index (χ4n) is 1.56. The fraction of sp³-hybridized carbons (Fsp3) is 0.769. The summed E-state index contributed by atoms with van der Waals surface area (Å²) in [6.07, 6.45) is 5.58. The van der Waals surface area contributed by atoms with Gasteiger partial charge in [0.2, 0.25) is 5.91 Å². The molecule has 3 heteroatoms. The number of allylic oxidation sites excluding steroid dienone is 1. The minimum atomic E-state index is 0.177. The molecule has 3 nitrogen and oxygen atoms in total. The molecule has 0 aromatic heterocycles.